The minimum absolute atomic E-state index is 0.164. The van der Waals surface area contributed by atoms with E-state index in [0.717, 1.165) is 30.4 Å². The Hall–Kier alpha value is -1.55. The predicted octanol–water partition coefficient (Wildman–Crippen LogP) is 4.21. The van der Waals surface area contributed by atoms with Gasteiger partial charge < -0.3 is 10.1 Å². The zero-order valence-corrected chi connectivity index (χ0v) is 16.1. The Balaban J connectivity index is 2.10. The smallest absolute Gasteiger partial charge is 0.331 e. The van der Waals surface area contributed by atoms with Crippen molar-refractivity contribution in [3.63, 3.8) is 0 Å². The quantitative estimate of drug-likeness (QED) is 0.768. The van der Waals surface area contributed by atoms with Crippen LogP contribution in [0.3, 0.4) is 0 Å². The molecule has 0 radical (unpaired) electrons. The van der Waals surface area contributed by atoms with Gasteiger partial charge in [-0.3, -0.25) is 4.79 Å². The number of amides is 1. The number of esters is 1. The maximum atomic E-state index is 12.6. The Morgan fingerprint density at radius 3 is 2.52 bits per heavy atom. The molecule has 2 rings (SSSR count). The molecule has 1 aliphatic carbocycles. The van der Waals surface area contributed by atoms with Gasteiger partial charge in [0.1, 0.15) is 5.54 Å². The highest BCUT2D eigenvalue weighted by Crippen LogP contribution is 2.35. The minimum Gasteiger partial charge on any atom is -0.464 e. The largest absolute Gasteiger partial charge is 0.464 e. The van der Waals surface area contributed by atoms with Crippen LogP contribution in [0.2, 0.25) is 5.02 Å². The number of aryl methyl sites for hydroxylation is 1. The van der Waals surface area contributed by atoms with Gasteiger partial charge in [0.25, 0.3) is 0 Å². The van der Waals surface area contributed by atoms with E-state index in [0.29, 0.717) is 30.4 Å². The summed E-state index contributed by atoms with van der Waals surface area (Å²) in [6.45, 7) is 6.23. The second-order valence-corrected chi connectivity index (χ2v) is 7.38. The van der Waals surface area contributed by atoms with Gasteiger partial charge in [-0.1, -0.05) is 37.1 Å². The molecule has 0 aliphatic heterocycles. The first-order valence-corrected chi connectivity index (χ1v) is 9.51. The van der Waals surface area contributed by atoms with E-state index in [1.807, 2.05) is 25.1 Å². The fourth-order valence-electron chi connectivity index (χ4n) is 3.51. The highest BCUT2D eigenvalue weighted by atomic mass is 35.5. The lowest BCUT2D eigenvalue weighted by atomic mass is 9.75. The van der Waals surface area contributed by atoms with Gasteiger partial charge in [0.2, 0.25) is 5.91 Å². The van der Waals surface area contributed by atoms with Crippen molar-refractivity contribution in [2.24, 2.45) is 5.92 Å². The fourth-order valence-corrected chi connectivity index (χ4v) is 3.81. The van der Waals surface area contributed by atoms with Crippen LogP contribution in [0.1, 0.15) is 57.1 Å². The molecule has 138 valence electrons. The van der Waals surface area contributed by atoms with Gasteiger partial charge in [0.05, 0.1) is 13.0 Å². The second-order valence-electron chi connectivity index (χ2n) is 6.97. The predicted molar refractivity (Wildman–Crippen MR) is 99.6 cm³/mol. The Morgan fingerprint density at radius 2 is 1.96 bits per heavy atom. The van der Waals surface area contributed by atoms with Crippen molar-refractivity contribution in [2.75, 3.05) is 6.61 Å². The summed E-state index contributed by atoms with van der Waals surface area (Å²) in [5.41, 5.74) is 0.928. The van der Waals surface area contributed by atoms with Crippen molar-refractivity contribution < 1.29 is 14.3 Å². The minimum atomic E-state index is -0.893. The van der Waals surface area contributed by atoms with Gasteiger partial charge in [-0.15, -0.1) is 0 Å². The van der Waals surface area contributed by atoms with Crippen LogP contribution in [-0.2, 0) is 20.7 Å². The number of carbonyl (C=O) groups is 2. The first-order valence-electron chi connectivity index (χ1n) is 9.13. The van der Waals surface area contributed by atoms with E-state index in [1.54, 1.807) is 6.92 Å². The normalized spacial score (nSPS) is 23.1. The van der Waals surface area contributed by atoms with E-state index in [2.05, 4.69) is 12.2 Å². The zero-order valence-electron chi connectivity index (χ0n) is 15.4. The molecule has 5 heteroatoms. The molecule has 1 aliphatic rings. The first kappa shape index (κ1) is 19.8. The van der Waals surface area contributed by atoms with Gasteiger partial charge in [-0.25, -0.2) is 4.79 Å². The summed E-state index contributed by atoms with van der Waals surface area (Å²) in [6, 6.07) is 5.64. The van der Waals surface area contributed by atoms with Crippen molar-refractivity contribution in [1.29, 1.82) is 0 Å². The Bertz CT molecular complexity index is 621. The molecule has 0 spiro atoms. The molecule has 1 amide bonds. The molecule has 1 saturated carbocycles. The highest BCUT2D eigenvalue weighted by Gasteiger charge is 2.44. The van der Waals surface area contributed by atoms with Crippen molar-refractivity contribution in [3.05, 3.63) is 34.3 Å². The summed E-state index contributed by atoms with van der Waals surface area (Å²) in [5, 5.41) is 3.56. The molecule has 0 bridgehead atoms. The van der Waals surface area contributed by atoms with Crippen LogP contribution in [0, 0.1) is 12.8 Å². The molecule has 0 aromatic heterocycles. The van der Waals surface area contributed by atoms with Crippen LogP contribution >= 0.6 is 11.6 Å². The number of carbonyl (C=O) groups excluding carboxylic acids is 2. The molecule has 0 saturated heterocycles. The standard InChI is InChI=1S/C20H28ClNO3/c1-4-15-8-10-20(11-9-15,19(24)25-5-2)22-18(23)13-16-7-6-14(3)12-17(16)21/h6-7,12,15H,4-5,8-11,13H2,1-3H3,(H,22,23). The molecular weight excluding hydrogens is 338 g/mol. The number of hydrogen-bond acceptors (Lipinski definition) is 3. The SMILES string of the molecule is CCOC(=O)C1(NC(=O)Cc2ccc(C)cc2Cl)CCC(CC)CC1. The number of rotatable bonds is 6. The summed E-state index contributed by atoms with van der Waals surface area (Å²) in [7, 11) is 0. The van der Waals surface area contributed by atoms with Crippen LogP contribution in [-0.4, -0.2) is 24.0 Å². The van der Waals surface area contributed by atoms with Crippen molar-refractivity contribution in [3.8, 4) is 0 Å². The molecule has 0 unspecified atom stereocenters. The lowest BCUT2D eigenvalue weighted by Gasteiger charge is -2.38. The third kappa shape index (κ3) is 4.97. The van der Waals surface area contributed by atoms with E-state index >= 15 is 0 Å². The number of halogens is 1. The number of benzene rings is 1. The van der Waals surface area contributed by atoms with E-state index in [-0.39, 0.29) is 18.3 Å². The van der Waals surface area contributed by atoms with Crippen molar-refractivity contribution in [1.82, 2.24) is 5.32 Å². The summed E-state index contributed by atoms with van der Waals surface area (Å²) in [4.78, 5) is 25.2. The number of hydrogen-bond donors (Lipinski definition) is 1. The molecule has 0 heterocycles. The van der Waals surface area contributed by atoms with Crippen molar-refractivity contribution in [2.45, 2.75) is 64.8 Å². The average Bonchev–Trinajstić information content (AvgIpc) is 2.58. The third-order valence-electron chi connectivity index (χ3n) is 5.14. The summed E-state index contributed by atoms with van der Waals surface area (Å²) in [5.74, 6) is 0.118. The molecule has 0 atom stereocenters. The fraction of sp³-hybridized carbons (Fsp3) is 0.600. The molecule has 4 nitrogen and oxygen atoms in total. The molecular formula is C20H28ClNO3. The molecule has 25 heavy (non-hydrogen) atoms. The third-order valence-corrected chi connectivity index (χ3v) is 5.49. The van der Waals surface area contributed by atoms with E-state index < -0.39 is 5.54 Å². The van der Waals surface area contributed by atoms with Crippen LogP contribution in [0.15, 0.2) is 18.2 Å². The maximum Gasteiger partial charge on any atom is 0.331 e. The summed E-state index contributed by atoms with van der Waals surface area (Å²) in [6.07, 6.45) is 4.40. The van der Waals surface area contributed by atoms with E-state index in [9.17, 15) is 9.59 Å². The summed E-state index contributed by atoms with van der Waals surface area (Å²) < 4.78 is 5.26. The van der Waals surface area contributed by atoms with E-state index in [1.165, 1.54) is 0 Å². The van der Waals surface area contributed by atoms with Crippen molar-refractivity contribution >= 4 is 23.5 Å². The van der Waals surface area contributed by atoms with Crippen LogP contribution in [0.4, 0.5) is 0 Å². The van der Waals surface area contributed by atoms with E-state index in [4.69, 9.17) is 16.3 Å². The highest BCUT2D eigenvalue weighted by molar-refractivity contribution is 6.31. The zero-order chi connectivity index (χ0) is 18.4. The topological polar surface area (TPSA) is 55.4 Å². The number of nitrogens with one attached hydrogen (secondary N) is 1. The monoisotopic (exact) mass is 365 g/mol. The Morgan fingerprint density at radius 1 is 1.28 bits per heavy atom. The molecule has 1 fully saturated rings. The lowest BCUT2D eigenvalue weighted by molar-refractivity contribution is -0.155. The summed E-state index contributed by atoms with van der Waals surface area (Å²) >= 11 is 6.23. The Labute approximate surface area is 155 Å². The molecule has 1 aromatic carbocycles. The maximum absolute atomic E-state index is 12.6. The van der Waals surface area contributed by atoms with Crippen LogP contribution in [0.25, 0.3) is 0 Å². The Kier molecular flexibility index (Phi) is 6.88. The van der Waals surface area contributed by atoms with Gasteiger partial charge in [0, 0.05) is 5.02 Å². The lowest BCUT2D eigenvalue weighted by Crippen LogP contribution is -2.57. The number of ether oxygens (including phenoxy) is 1. The van der Waals surface area contributed by atoms with Gasteiger partial charge in [0.15, 0.2) is 0 Å². The van der Waals surface area contributed by atoms with Crippen LogP contribution in [0.5, 0.6) is 0 Å². The second kappa shape index (κ2) is 8.70. The molecule has 1 aromatic rings. The average molecular weight is 366 g/mol. The first-order chi connectivity index (χ1) is 11.9. The van der Waals surface area contributed by atoms with Gasteiger partial charge in [-0.05, 0) is 62.6 Å². The van der Waals surface area contributed by atoms with Gasteiger partial charge in [-0.2, -0.15) is 0 Å². The molecule has 1 N–H and O–H groups in total. The van der Waals surface area contributed by atoms with Crippen LogP contribution < -0.4 is 5.32 Å². The van der Waals surface area contributed by atoms with Gasteiger partial charge >= 0.3 is 5.97 Å².